The van der Waals surface area contributed by atoms with Gasteiger partial charge in [-0.3, -0.25) is 0 Å². The fourth-order valence-corrected chi connectivity index (χ4v) is 5.85. The van der Waals surface area contributed by atoms with E-state index in [-0.39, 0.29) is 21.1 Å². The number of rotatable bonds is 6. The van der Waals surface area contributed by atoms with Gasteiger partial charge in [0.2, 0.25) is 0 Å². The van der Waals surface area contributed by atoms with E-state index >= 15 is 0 Å². The van der Waals surface area contributed by atoms with Gasteiger partial charge in [-0.25, -0.2) is 0 Å². The number of hydrogen-bond acceptors (Lipinski definition) is 3. The van der Waals surface area contributed by atoms with E-state index in [9.17, 15) is 0 Å². The number of hydrogen-bond donors (Lipinski definition) is 0. The maximum Gasteiger partial charge on any atom is 2.00 e. The average Bonchev–Trinajstić information content (AvgIpc) is 3.12. The Morgan fingerprint density at radius 3 is 1.48 bits per heavy atom. The van der Waals surface area contributed by atoms with Crippen molar-refractivity contribution >= 4 is 38.6 Å². The molecule has 8 rings (SSSR count). The molecule has 4 heteroatoms. The molecule has 0 aliphatic heterocycles. The topological polar surface area (TPSA) is 29.0 Å². The zero-order valence-corrected chi connectivity index (χ0v) is 27.0. The molecule has 46 heavy (non-hydrogen) atoms. The third-order valence-corrected chi connectivity index (χ3v) is 8.08. The molecule has 220 valence electrons. The number of benzene rings is 6. The van der Waals surface area contributed by atoms with Gasteiger partial charge in [-0.05, 0) is 55.9 Å². The van der Waals surface area contributed by atoms with Gasteiger partial charge in [0.05, 0.1) is 5.69 Å². The number of aromatic nitrogens is 2. The van der Waals surface area contributed by atoms with Crippen molar-refractivity contribution in [3.05, 3.63) is 176 Å². The van der Waals surface area contributed by atoms with Gasteiger partial charge in [0, 0.05) is 18.0 Å². The third-order valence-electron chi connectivity index (χ3n) is 8.08. The predicted octanol–water partition coefficient (Wildman–Crippen LogP) is 10.9. The Morgan fingerprint density at radius 2 is 0.913 bits per heavy atom. The summed E-state index contributed by atoms with van der Waals surface area (Å²) in [5.74, 6) is 0. The fraction of sp³-hybridized carbons (Fsp3) is 0. The monoisotopic (exact) mass is 768 g/mol. The molecular formula is C42H27N3Pt. The van der Waals surface area contributed by atoms with Crippen molar-refractivity contribution in [3.8, 4) is 33.6 Å². The Hall–Kier alpha value is -5.37. The Kier molecular flexibility index (Phi) is 8.25. The SMILES string of the molecule is [Pt+2].[c-]1c(-c2cc3ccccc3cn2)cccc1N(c1[c-]c(-c2cc3ccccc3cn2)ccc1)c1ccccc1-c1ccccc1. The van der Waals surface area contributed by atoms with E-state index in [1.807, 2.05) is 30.6 Å². The second kappa shape index (κ2) is 12.9. The Morgan fingerprint density at radius 1 is 0.435 bits per heavy atom. The minimum absolute atomic E-state index is 0. The van der Waals surface area contributed by atoms with Crippen LogP contribution in [0.25, 0.3) is 55.2 Å². The predicted molar refractivity (Wildman–Crippen MR) is 186 cm³/mol. The van der Waals surface area contributed by atoms with E-state index in [2.05, 4.69) is 150 Å². The zero-order valence-electron chi connectivity index (χ0n) is 24.7. The van der Waals surface area contributed by atoms with Crippen molar-refractivity contribution in [2.45, 2.75) is 0 Å². The van der Waals surface area contributed by atoms with E-state index in [4.69, 9.17) is 9.97 Å². The van der Waals surface area contributed by atoms with Crippen LogP contribution in [0.5, 0.6) is 0 Å². The molecule has 0 fully saturated rings. The fourth-order valence-electron chi connectivity index (χ4n) is 5.85. The van der Waals surface area contributed by atoms with Crippen molar-refractivity contribution in [3.63, 3.8) is 0 Å². The number of nitrogens with zero attached hydrogens (tertiary/aromatic N) is 3. The number of fused-ring (bicyclic) bond motifs is 2. The first-order valence-corrected chi connectivity index (χ1v) is 15.0. The minimum atomic E-state index is 0. The van der Waals surface area contributed by atoms with E-state index in [0.29, 0.717) is 0 Å². The van der Waals surface area contributed by atoms with E-state index in [1.165, 1.54) is 0 Å². The molecule has 0 aliphatic rings. The maximum absolute atomic E-state index is 4.80. The van der Waals surface area contributed by atoms with Crippen LogP contribution < -0.4 is 4.90 Å². The average molecular weight is 769 g/mol. The molecule has 0 saturated carbocycles. The summed E-state index contributed by atoms with van der Waals surface area (Å²) < 4.78 is 0. The van der Waals surface area contributed by atoms with Crippen LogP contribution in [-0.4, -0.2) is 9.97 Å². The smallest absolute Gasteiger partial charge is 0.346 e. The first-order valence-electron chi connectivity index (χ1n) is 15.0. The van der Waals surface area contributed by atoms with Crippen LogP contribution in [0, 0.1) is 12.1 Å². The van der Waals surface area contributed by atoms with Crippen molar-refractivity contribution in [1.82, 2.24) is 9.97 Å². The molecule has 2 heterocycles. The molecule has 0 amide bonds. The molecule has 6 aromatic carbocycles. The largest absolute Gasteiger partial charge is 2.00 e. The molecule has 0 atom stereocenters. The molecule has 2 aromatic heterocycles. The maximum atomic E-state index is 4.80. The van der Waals surface area contributed by atoms with Crippen LogP contribution in [0.4, 0.5) is 17.1 Å². The van der Waals surface area contributed by atoms with Gasteiger partial charge in [0.25, 0.3) is 0 Å². The second-order valence-electron chi connectivity index (χ2n) is 11.0. The number of anilines is 3. The normalized spacial score (nSPS) is 10.9. The van der Waals surface area contributed by atoms with Crippen LogP contribution in [0.15, 0.2) is 164 Å². The van der Waals surface area contributed by atoms with Gasteiger partial charge in [0.1, 0.15) is 0 Å². The van der Waals surface area contributed by atoms with Crippen LogP contribution in [-0.2, 0) is 21.1 Å². The summed E-state index contributed by atoms with van der Waals surface area (Å²) in [6.07, 6.45) is 3.86. The summed E-state index contributed by atoms with van der Waals surface area (Å²) in [4.78, 5) is 11.8. The van der Waals surface area contributed by atoms with Crippen LogP contribution in [0.1, 0.15) is 0 Å². The van der Waals surface area contributed by atoms with Crippen LogP contribution in [0.2, 0.25) is 0 Å². The van der Waals surface area contributed by atoms with Crippen molar-refractivity contribution < 1.29 is 21.1 Å². The van der Waals surface area contributed by atoms with Crippen molar-refractivity contribution in [1.29, 1.82) is 0 Å². The van der Waals surface area contributed by atoms with Gasteiger partial charge < -0.3 is 14.9 Å². The first kappa shape index (κ1) is 29.3. The summed E-state index contributed by atoms with van der Waals surface area (Å²) in [7, 11) is 0. The summed E-state index contributed by atoms with van der Waals surface area (Å²) >= 11 is 0. The standard InChI is InChI=1S/C42H27N3.Pt/c1-2-12-30(13-3-1)39-22-8-9-23-42(39)45(37-20-10-18-33(24-37)40-26-31-14-4-6-16-35(31)28-43-40)38-21-11-19-34(25-38)41-27-32-15-5-7-17-36(32)29-44-41;/h1-23,26-29H;/q-2;+2. The summed E-state index contributed by atoms with van der Waals surface area (Å²) in [6.45, 7) is 0. The third kappa shape index (κ3) is 5.74. The van der Waals surface area contributed by atoms with Gasteiger partial charge in [-0.2, -0.15) is 0 Å². The molecule has 0 radical (unpaired) electrons. The van der Waals surface area contributed by atoms with Gasteiger partial charge in [-0.1, -0.05) is 109 Å². The minimum Gasteiger partial charge on any atom is -0.346 e. The Labute approximate surface area is 283 Å². The number of pyridine rings is 2. The zero-order chi connectivity index (χ0) is 30.0. The molecule has 8 aromatic rings. The molecule has 3 nitrogen and oxygen atoms in total. The quantitative estimate of drug-likeness (QED) is 0.158. The summed E-state index contributed by atoms with van der Waals surface area (Å²) in [5.41, 5.74) is 8.68. The Bertz CT molecular complexity index is 2180. The van der Waals surface area contributed by atoms with E-state index in [1.54, 1.807) is 0 Å². The van der Waals surface area contributed by atoms with Gasteiger partial charge in [-0.15, -0.1) is 59.7 Å². The summed E-state index contributed by atoms with van der Waals surface area (Å²) in [5, 5.41) is 4.53. The molecule has 0 N–H and O–H groups in total. The molecule has 0 saturated heterocycles. The van der Waals surface area contributed by atoms with Crippen molar-refractivity contribution in [2.24, 2.45) is 0 Å². The van der Waals surface area contributed by atoms with E-state index < -0.39 is 0 Å². The molecular weight excluding hydrogens is 742 g/mol. The molecule has 0 spiro atoms. The Balaban J connectivity index is 0.00000338. The second-order valence-corrected chi connectivity index (χ2v) is 11.0. The van der Waals surface area contributed by atoms with Crippen LogP contribution >= 0.6 is 0 Å². The molecule has 0 bridgehead atoms. The van der Waals surface area contributed by atoms with Crippen LogP contribution in [0.3, 0.4) is 0 Å². The van der Waals surface area contributed by atoms with Gasteiger partial charge >= 0.3 is 21.1 Å². The summed E-state index contributed by atoms with van der Waals surface area (Å²) in [6, 6.07) is 59.8. The first-order chi connectivity index (χ1) is 22.3. The van der Waals surface area contributed by atoms with E-state index in [0.717, 1.165) is 72.2 Å². The molecule has 0 aliphatic carbocycles. The number of para-hydroxylation sites is 1. The van der Waals surface area contributed by atoms with Crippen molar-refractivity contribution in [2.75, 3.05) is 4.90 Å². The molecule has 0 unspecified atom stereocenters. The van der Waals surface area contributed by atoms with Gasteiger partial charge in [0.15, 0.2) is 0 Å².